The Balaban J connectivity index is 0.00000180. The van der Waals surface area contributed by atoms with Crippen molar-refractivity contribution in [2.45, 2.75) is 25.3 Å². The number of carbonyl (C=O) groups is 1. The zero-order valence-electron chi connectivity index (χ0n) is 10.4. The van der Waals surface area contributed by atoms with Crippen molar-refractivity contribution in [2.75, 3.05) is 6.54 Å². The number of benzene rings is 1. The molecule has 106 valence electrons. The summed E-state index contributed by atoms with van der Waals surface area (Å²) < 4.78 is 26.3. The van der Waals surface area contributed by atoms with Gasteiger partial charge in [-0.15, -0.1) is 12.4 Å². The van der Waals surface area contributed by atoms with E-state index < -0.39 is 11.6 Å². The highest BCUT2D eigenvalue weighted by Gasteiger charge is 2.31. The van der Waals surface area contributed by atoms with E-state index in [2.05, 4.69) is 5.32 Å². The summed E-state index contributed by atoms with van der Waals surface area (Å²) in [6.07, 6.45) is 1.97. The van der Waals surface area contributed by atoms with E-state index in [0.717, 1.165) is 18.9 Å². The summed E-state index contributed by atoms with van der Waals surface area (Å²) in [6, 6.07) is 3.78. The molecule has 2 rings (SSSR count). The highest BCUT2D eigenvalue weighted by atomic mass is 35.5. The number of rotatable bonds is 5. The van der Waals surface area contributed by atoms with Crippen molar-refractivity contribution in [3.05, 3.63) is 35.4 Å². The first-order valence-electron chi connectivity index (χ1n) is 6.04. The van der Waals surface area contributed by atoms with E-state index in [0.29, 0.717) is 12.5 Å². The lowest BCUT2D eigenvalue weighted by Gasteiger charge is -2.16. The van der Waals surface area contributed by atoms with Crippen molar-refractivity contribution < 1.29 is 13.6 Å². The minimum Gasteiger partial charge on any atom is -0.352 e. The predicted octanol–water partition coefficient (Wildman–Crippen LogP) is 1.78. The topological polar surface area (TPSA) is 55.1 Å². The second-order valence-corrected chi connectivity index (χ2v) is 4.64. The quantitative estimate of drug-likeness (QED) is 0.868. The van der Waals surface area contributed by atoms with Crippen molar-refractivity contribution in [1.29, 1.82) is 0 Å². The molecular formula is C13H17ClF2N2O. The fourth-order valence-electron chi connectivity index (χ4n) is 1.98. The third-order valence-electron chi connectivity index (χ3n) is 3.17. The molecule has 1 aliphatic rings. The fourth-order valence-corrected chi connectivity index (χ4v) is 1.98. The summed E-state index contributed by atoms with van der Waals surface area (Å²) >= 11 is 0. The summed E-state index contributed by atoms with van der Waals surface area (Å²) in [5.41, 5.74) is 5.63. The normalized spacial score (nSPS) is 15.5. The summed E-state index contributed by atoms with van der Waals surface area (Å²) in [7, 11) is 0. The number of amides is 1. The Kier molecular flexibility index (Phi) is 5.69. The highest BCUT2D eigenvalue weighted by Crippen LogP contribution is 2.32. The molecule has 3 nitrogen and oxygen atoms in total. The lowest BCUT2D eigenvalue weighted by atomic mass is 10.1. The first kappa shape index (κ1) is 15.9. The smallest absolute Gasteiger partial charge is 0.224 e. The molecule has 1 unspecified atom stereocenters. The molecule has 0 aliphatic heterocycles. The van der Waals surface area contributed by atoms with Crippen molar-refractivity contribution in [3.63, 3.8) is 0 Å². The van der Waals surface area contributed by atoms with Crippen LogP contribution in [0.3, 0.4) is 0 Å². The van der Waals surface area contributed by atoms with Crippen LogP contribution in [0.2, 0.25) is 0 Å². The Morgan fingerprint density at radius 3 is 2.68 bits per heavy atom. The molecule has 0 aromatic heterocycles. The first-order valence-corrected chi connectivity index (χ1v) is 6.04. The first-order chi connectivity index (χ1) is 8.61. The Hall–Kier alpha value is -1.20. The average molecular weight is 291 g/mol. The fraction of sp³-hybridized carbons (Fsp3) is 0.462. The van der Waals surface area contributed by atoms with E-state index in [9.17, 15) is 13.6 Å². The Morgan fingerprint density at radius 2 is 2.11 bits per heavy atom. The Bertz CT molecular complexity index is 452. The third kappa shape index (κ3) is 4.14. The Labute approximate surface area is 117 Å². The third-order valence-corrected chi connectivity index (χ3v) is 3.17. The van der Waals surface area contributed by atoms with Gasteiger partial charge in [-0.05, 0) is 24.8 Å². The second-order valence-electron chi connectivity index (χ2n) is 4.64. The van der Waals surface area contributed by atoms with Gasteiger partial charge in [0.15, 0.2) is 11.6 Å². The molecule has 0 radical (unpaired) electrons. The van der Waals surface area contributed by atoms with E-state index in [1.54, 1.807) is 0 Å². The van der Waals surface area contributed by atoms with Crippen LogP contribution in [-0.2, 0) is 11.2 Å². The molecule has 6 heteroatoms. The van der Waals surface area contributed by atoms with Gasteiger partial charge in [0.05, 0.1) is 6.42 Å². The summed E-state index contributed by atoms with van der Waals surface area (Å²) in [5, 5.41) is 2.77. The Morgan fingerprint density at radius 1 is 1.42 bits per heavy atom. The zero-order chi connectivity index (χ0) is 13.1. The van der Waals surface area contributed by atoms with Crippen LogP contribution in [0.25, 0.3) is 0 Å². The van der Waals surface area contributed by atoms with E-state index in [1.165, 1.54) is 12.1 Å². The van der Waals surface area contributed by atoms with Gasteiger partial charge in [0.25, 0.3) is 0 Å². The number of carbonyl (C=O) groups excluding carboxylic acids is 1. The van der Waals surface area contributed by atoms with E-state index in [1.807, 2.05) is 0 Å². The molecule has 1 atom stereocenters. The minimum atomic E-state index is -0.955. The summed E-state index contributed by atoms with van der Waals surface area (Å²) in [6.45, 7) is 0.377. The van der Waals surface area contributed by atoms with Crippen LogP contribution < -0.4 is 11.1 Å². The number of nitrogens with one attached hydrogen (secondary N) is 1. The van der Waals surface area contributed by atoms with Gasteiger partial charge in [-0.25, -0.2) is 8.78 Å². The lowest BCUT2D eigenvalue weighted by molar-refractivity contribution is -0.121. The number of hydrogen-bond acceptors (Lipinski definition) is 2. The molecule has 0 bridgehead atoms. The highest BCUT2D eigenvalue weighted by molar-refractivity contribution is 5.85. The van der Waals surface area contributed by atoms with E-state index in [4.69, 9.17) is 5.73 Å². The number of hydrogen-bond donors (Lipinski definition) is 2. The maximum Gasteiger partial charge on any atom is 0.224 e. The van der Waals surface area contributed by atoms with Crippen molar-refractivity contribution in [1.82, 2.24) is 5.32 Å². The maximum absolute atomic E-state index is 13.4. The van der Waals surface area contributed by atoms with Crippen molar-refractivity contribution >= 4 is 18.3 Å². The van der Waals surface area contributed by atoms with Crippen LogP contribution in [-0.4, -0.2) is 18.5 Å². The largest absolute Gasteiger partial charge is 0.352 e. The van der Waals surface area contributed by atoms with Gasteiger partial charge in [-0.2, -0.15) is 0 Å². The van der Waals surface area contributed by atoms with Crippen LogP contribution >= 0.6 is 12.4 Å². The van der Waals surface area contributed by atoms with E-state index >= 15 is 0 Å². The molecule has 1 saturated carbocycles. The van der Waals surface area contributed by atoms with Gasteiger partial charge < -0.3 is 11.1 Å². The molecular weight excluding hydrogens is 274 g/mol. The van der Waals surface area contributed by atoms with Gasteiger partial charge in [-0.3, -0.25) is 4.79 Å². The van der Waals surface area contributed by atoms with Gasteiger partial charge in [0.1, 0.15) is 0 Å². The number of nitrogens with two attached hydrogens (primary N) is 1. The van der Waals surface area contributed by atoms with Crippen LogP contribution in [0.1, 0.15) is 18.4 Å². The van der Waals surface area contributed by atoms with Crippen LogP contribution in [0, 0.1) is 17.6 Å². The lowest BCUT2D eigenvalue weighted by Crippen LogP contribution is -2.42. The van der Waals surface area contributed by atoms with Crippen LogP contribution in [0.5, 0.6) is 0 Å². The van der Waals surface area contributed by atoms with Crippen LogP contribution in [0.4, 0.5) is 8.78 Å². The molecule has 1 aliphatic carbocycles. The maximum atomic E-state index is 13.4. The van der Waals surface area contributed by atoms with Gasteiger partial charge in [-0.1, -0.05) is 12.1 Å². The average Bonchev–Trinajstić information content (AvgIpc) is 3.16. The molecule has 1 fully saturated rings. The zero-order valence-corrected chi connectivity index (χ0v) is 11.2. The molecule has 0 saturated heterocycles. The standard InChI is InChI=1S/C13H16F2N2O.ClH/c14-10-3-1-2-9(13(10)15)6-12(18)17-11(7-16)8-4-5-8;/h1-3,8,11H,4-7,16H2,(H,17,18);1H. The molecule has 0 heterocycles. The molecule has 1 aromatic rings. The second kappa shape index (κ2) is 6.82. The SMILES string of the molecule is Cl.NCC(NC(=O)Cc1cccc(F)c1F)C1CC1. The monoisotopic (exact) mass is 290 g/mol. The molecule has 1 amide bonds. The predicted molar refractivity (Wildman–Crippen MR) is 71.0 cm³/mol. The molecule has 0 spiro atoms. The van der Waals surface area contributed by atoms with Gasteiger partial charge >= 0.3 is 0 Å². The molecule has 1 aromatic carbocycles. The van der Waals surface area contributed by atoms with Crippen LogP contribution in [0.15, 0.2) is 18.2 Å². The van der Waals surface area contributed by atoms with Gasteiger partial charge in [0.2, 0.25) is 5.91 Å². The summed E-state index contributed by atoms with van der Waals surface area (Å²) in [4.78, 5) is 11.7. The van der Waals surface area contributed by atoms with Crippen molar-refractivity contribution in [2.24, 2.45) is 11.7 Å². The summed E-state index contributed by atoms with van der Waals surface area (Å²) in [5.74, 6) is -1.76. The van der Waals surface area contributed by atoms with E-state index in [-0.39, 0.29) is 36.3 Å². The van der Waals surface area contributed by atoms with Gasteiger partial charge in [0, 0.05) is 18.2 Å². The number of halogens is 3. The molecule has 19 heavy (non-hydrogen) atoms. The molecule has 3 N–H and O–H groups in total. The van der Waals surface area contributed by atoms with Crippen molar-refractivity contribution in [3.8, 4) is 0 Å². The minimum absolute atomic E-state index is 0.